The molecule has 0 spiro atoms. The molecule has 0 aliphatic rings. The van der Waals surface area contributed by atoms with Gasteiger partial charge >= 0.3 is 14.8 Å². The van der Waals surface area contributed by atoms with Gasteiger partial charge in [0, 0.05) is 25.8 Å². The summed E-state index contributed by atoms with van der Waals surface area (Å²) < 4.78 is 21.1. The summed E-state index contributed by atoms with van der Waals surface area (Å²) in [4.78, 5) is 10.7. The number of rotatable bonds is 18. The van der Waals surface area contributed by atoms with Gasteiger partial charge in [-0.15, -0.1) is 0 Å². The topological polar surface area (TPSA) is 80.0 Å². The quantitative estimate of drug-likeness (QED) is 0.0998. The lowest BCUT2D eigenvalue weighted by molar-refractivity contribution is -0.137. The van der Waals surface area contributed by atoms with E-state index in [1.165, 1.54) is 63.9 Å². The highest BCUT2D eigenvalue weighted by molar-refractivity contribution is 6.59. The standard InChI is InChI=1S/C15H28O2.C7H19NO3Si/c1-3-5-6-7-8-9-10-11-12-13-14-17-15(16)4-2;1-5-9-12(4,10-6-2)11-7(3)8/h4H,2-3,5-14H2,1H3;7H,5-6,8H2,1-4H3. The molecule has 0 heterocycles. The van der Waals surface area contributed by atoms with E-state index in [-0.39, 0.29) is 12.2 Å². The Morgan fingerprint density at radius 1 is 0.931 bits per heavy atom. The lowest BCUT2D eigenvalue weighted by Crippen LogP contribution is -2.47. The van der Waals surface area contributed by atoms with E-state index in [4.69, 9.17) is 23.7 Å². The highest BCUT2D eigenvalue weighted by Crippen LogP contribution is 2.11. The third-order valence-corrected chi connectivity index (χ3v) is 6.55. The van der Waals surface area contributed by atoms with Gasteiger partial charge in [0.25, 0.3) is 0 Å². The average molecular weight is 434 g/mol. The zero-order valence-electron chi connectivity index (χ0n) is 19.7. The number of ether oxygens (including phenoxy) is 1. The summed E-state index contributed by atoms with van der Waals surface area (Å²) in [7, 11) is -2.44. The van der Waals surface area contributed by atoms with E-state index in [1.54, 1.807) is 6.92 Å². The van der Waals surface area contributed by atoms with Crippen LogP contribution in [0, 0.1) is 0 Å². The number of esters is 1. The Balaban J connectivity index is 0. The van der Waals surface area contributed by atoms with Crippen LogP contribution in [-0.4, -0.2) is 40.8 Å². The molecule has 1 unspecified atom stereocenters. The first-order chi connectivity index (χ1) is 13.8. The molecule has 0 radical (unpaired) electrons. The number of carbonyl (C=O) groups is 1. The maximum Gasteiger partial charge on any atom is 0.498 e. The van der Waals surface area contributed by atoms with Crippen LogP contribution in [0.1, 0.15) is 91.9 Å². The molecule has 29 heavy (non-hydrogen) atoms. The van der Waals surface area contributed by atoms with E-state index in [0.29, 0.717) is 19.8 Å². The number of hydrogen-bond acceptors (Lipinski definition) is 6. The lowest BCUT2D eigenvalue weighted by Gasteiger charge is -2.26. The molecule has 0 rings (SSSR count). The van der Waals surface area contributed by atoms with Crippen LogP contribution < -0.4 is 5.73 Å². The molecule has 0 bridgehead atoms. The van der Waals surface area contributed by atoms with Gasteiger partial charge in [0.15, 0.2) is 0 Å². The van der Waals surface area contributed by atoms with Gasteiger partial charge in [-0.25, -0.2) is 4.79 Å². The minimum atomic E-state index is -2.44. The van der Waals surface area contributed by atoms with Crippen LogP contribution in [0.2, 0.25) is 6.55 Å². The molecule has 0 saturated carbocycles. The van der Waals surface area contributed by atoms with Crippen molar-refractivity contribution in [2.24, 2.45) is 5.73 Å². The molecular weight excluding hydrogens is 386 g/mol. The van der Waals surface area contributed by atoms with Crippen molar-refractivity contribution in [1.82, 2.24) is 0 Å². The number of hydrogen-bond donors (Lipinski definition) is 1. The molecule has 0 amide bonds. The fraction of sp³-hybridized carbons (Fsp3) is 0.864. The first-order valence-electron chi connectivity index (χ1n) is 11.4. The molecule has 0 aromatic carbocycles. The molecule has 7 heteroatoms. The van der Waals surface area contributed by atoms with Crippen molar-refractivity contribution < 1.29 is 22.8 Å². The van der Waals surface area contributed by atoms with Crippen molar-refractivity contribution in [1.29, 1.82) is 0 Å². The molecule has 0 saturated heterocycles. The van der Waals surface area contributed by atoms with Crippen LogP contribution in [0.3, 0.4) is 0 Å². The highest BCUT2D eigenvalue weighted by atomic mass is 28.4. The fourth-order valence-corrected chi connectivity index (χ4v) is 4.74. The van der Waals surface area contributed by atoms with Gasteiger partial charge in [0.2, 0.25) is 0 Å². The zero-order valence-corrected chi connectivity index (χ0v) is 20.7. The Morgan fingerprint density at radius 2 is 1.38 bits per heavy atom. The van der Waals surface area contributed by atoms with Gasteiger partial charge in [-0.1, -0.05) is 71.3 Å². The molecular formula is C22H47NO5Si. The average Bonchev–Trinajstić information content (AvgIpc) is 2.66. The van der Waals surface area contributed by atoms with E-state index in [9.17, 15) is 4.79 Å². The normalized spacial score (nSPS) is 12.1. The third kappa shape index (κ3) is 23.4. The smallest absolute Gasteiger partial charge is 0.463 e. The summed E-state index contributed by atoms with van der Waals surface area (Å²) in [6.45, 7) is 14.8. The first-order valence-corrected chi connectivity index (χ1v) is 13.6. The van der Waals surface area contributed by atoms with E-state index < -0.39 is 8.80 Å². The number of unbranched alkanes of at least 4 members (excludes halogenated alkanes) is 9. The van der Waals surface area contributed by atoms with Gasteiger partial charge in [0.1, 0.15) is 0 Å². The van der Waals surface area contributed by atoms with Crippen molar-refractivity contribution in [3.05, 3.63) is 12.7 Å². The molecule has 0 aromatic rings. The fourth-order valence-electron chi connectivity index (χ4n) is 2.79. The zero-order chi connectivity index (χ0) is 22.4. The SMILES string of the molecule is C=CC(=O)OCCCCCCCCCCCC.CCO[Si](C)(OCC)OC(C)N. The largest absolute Gasteiger partial charge is 0.498 e. The van der Waals surface area contributed by atoms with Crippen molar-refractivity contribution in [3.63, 3.8) is 0 Å². The van der Waals surface area contributed by atoms with Gasteiger partial charge in [-0.05, 0) is 27.2 Å². The maximum absolute atomic E-state index is 10.7. The van der Waals surface area contributed by atoms with Gasteiger partial charge in [0.05, 0.1) is 12.8 Å². The molecule has 0 fully saturated rings. The monoisotopic (exact) mass is 433 g/mol. The predicted octanol–water partition coefficient (Wildman–Crippen LogP) is 5.59. The summed E-state index contributed by atoms with van der Waals surface area (Å²) >= 11 is 0. The second kappa shape index (κ2) is 22.0. The van der Waals surface area contributed by atoms with Crippen LogP contribution >= 0.6 is 0 Å². The van der Waals surface area contributed by atoms with Gasteiger partial charge in [-0.2, -0.15) is 0 Å². The lowest BCUT2D eigenvalue weighted by atomic mass is 10.1. The van der Waals surface area contributed by atoms with Crippen LogP contribution in [0.4, 0.5) is 0 Å². The van der Waals surface area contributed by atoms with Crippen LogP contribution in [0.15, 0.2) is 12.7 Å². The number of carbonyl (C=O) groups excluding carboxylic acids is 1. The van der Waals surface area contributed by atoms with Crippen molar-refractivity contribution in [2.45, 2.75) is 105 Å². The summed E-state index contributed by atoms with van der Waals surface area (Å²) in [5, 5.41) is 0. The Bertz CT molecular complexity index is 374. The van der Waals surface area contributed by atoms with Crippen molar-refractivity contribution in [3.8, 4) is 0 Å². The van der Waals surface area contributed by atoms with E-state index >= 15 is 0 Å². The molecule has 0 aliphatic carbocycles. The summed E-state index contributed by atoms with van der Waals surface area (Å²) in [5.41, 5.74) is 5.49. The summed E-state index contributed by atoms with van der Waals surface area (Å²) in [5.74, 6) is -0.305. The predicted molar refractivity (Wildman–Crippen MR) is 123 cm³/mol. The summed E-state index contributed by atoms with van der Waals surface area (Å²) in [6, 6.07) is 0. The minimum Gasteiger partial charge on any atom is -0.463 e. The van der Waals surface area contributed by atoms with Crippen molar-refractivity contribution >= 4 is 14.8 Å². The molecule has 0 aromatic heterocycles. The first kappa shape index (κ1) is 30.5. The maximum atomic E-state index is 10.7. The Hall–Kier alpha value is -0.733. The highest BCUT2D eigenvalue weighted by Gasteiger charge is 2.35. The third-order valence-electron chi connectivity index (χ3n) is 4.12. The molecule has 0 aliphatic heterocycles. The Morgan fingerprint density at radius 3 is 1.76 bits per heavy atom. The second-order valence-electron chi connectivity index (χ2n) is 7.10. The van der Waals surface area contributed by atoms with E-state index in [1.807, 2.05) is 20.4 Å². The van der Waals surface area contributed by atoms with Crippen LogP contribution in [0.5, 0.6) is 0 Å². The van der Waals surface area contributed by atoms with Gasteiger partial charge < -0.3 is 23.7 Å². The molecule has 1 atom stereocenters. The van der Waals surface area contributed by atoms with E-state index in [0.717, 1.165) is 6.42 Å². The van der Waals surface area contributed by atoms with E-state index in [2.05, 4.69) is 13.5 Å². The van der Waals surface area contributed by atoms with Crippen LogP contribution in [-0.2, 0) is 22.8 Å². The minimum absolute atomic E-state index is 0.305. The molecule has 6 nitrogen and oxygen atoms in total. The van der Waals surface area contributed by atoms with Gasteiger partial charge in [-0.3, -0.25) is 0 Å². The van der Waals surface area contributed by atoms with Crippen molar-refractivity contribution in [2.75, 3.05) is 19.8 Å². The molecule has 174 valence electrons. The number of nitrogens with two attached hydrogens (primary N) is 1. The molecule has 2 N–H and O–H groups in total. The van der Waals surface area contributed by atoms with Crippen LogP contribution in [0.25, 0.3) is 0 Å². The Labute approximate surface area is 180 Å². The Kier molecular flexibility index (Phi) is 23.1. The summed E-state index contributed by atoms with van der Waals surface area (Å²) in [6.07, 6.45) is 13.9. The second-order valence-corrected chi connectivity index (χ2v) is 9.64.